The number of nitrogens with zero attached hydrogens (tertiary/aromatic N) is 4. The van der Waals surface area contributed by atoms with Crippen LogP contribution in [0.1, 0.15) is 12.2 Å². The van der Waals surface area contributed by atoms with Gasteiger partial charge in [0.15, 0.2) is 5.82 Å². The second kappa shape index (κ2) is 6.69. The lowest BCUT2D eigenvalue weighted by Crippen LogP contribution is -2.10. The van der Waals surface area contributed by atoms with Crippen LogP contribution in [-0.2, 0) is 13.2 Å². The number of aryl methyl sites for hydroxylation is 1. The largest absolute Gasteiger partial charge is 0.497 e. The normalized spacial score (nSPS) is 10.4. The SMILES string of the molecule is COc1cccc(OCc2nnnn2CCCO)c1. The summed E-state index contributed by atoms with van der Waals surface area (Å²) in [5.74, 6) is 2.05. The van der Waals surface area contributed by atoms with Gasteiger partial charge in [-0.05, 0) is 29.0 Å². The van der Waals surface area contributed by atoms with Gasteiger partial charge in [0, 0.05) is 19.2 Å². The van der Waals surface area contributed by atoms with Crippen LogP contribution in [0.4, 0.5) is 0 Å². The molecule has 7 nitrogen and oxygen atoms in total. The van der Waals surface area contributed by atoms with Gasteiger partial charge in [0.2, 0.25) is 0 Å². The summed E-state index contributed by atoms with van der Waals surface area (Å²) < 4.78 is 12.3. The van der Waals surface area contributed by atoms with Gasteiger partial charge in [-0.3, -0.25) is 0 Å². The van der Waals surface area contributed by atoms with Gasteiger partial charge in [0.25, 0.3) is 0 Å². The maximum Gasteiger partial charge on any atom is 0.189 e. The molecule has 0 amide bonds. The van der Waals surface area contributed by atoms with Gasteiger partial charge in [-0.2, -0.15) is 0 Å². The maximum absolute atomic E-state index is 8.79. The van der Waals surface area contributed by atoms with Crippen LogP contribution in [0.2, 0.25) is 0 Å². The van der Waals surface area contributed by atoms with Crippen LogP contribution in [0.15, 0.2) is 24.3 Å². The minimum atomic E-state index is 0.107. The van der Waals surface area contributed by atoms with Crippen LogP contribution in [0.3, 0.4) is 0 Å². The van der Waals surface area contributed by atoms with Crippen molar-refractivity contribution in [1.82, 2.24) is 20.2 Å². The van der Waals surface area contributed by atoms with Crippen molar-refractivity contribution in [2.75, 3.05) is 13.7 Å². The summed E-state index contributed by atoms with van der Waals surface area (Å²) in [5, 5.41) is 20.1. The number of hydrogen-bond donors (Lipinski definition) is 1. The lowest BCUT2D eigenvalue weighted by atomic mass is 10.3. The Kier molecular flexibility index (Phi) is 4.68. The van der Waals surface area contributed by atoms with E-state index in [1.165, 1.54) is 0 Å². The molecular weight excluding hydrogens is 248 g/mol. The second-order valence-corrected chi connectivity index (χ2v) is 3.86. The molecule has 0 saturated heterocycles. The summed E-state index contributed by atoms with van der Waals surface area (Å²) in [6.45, 7) is 0.946. The Morgan fingerprint density at radius 2 is 2.16 bits per heavy atom. The molecule has 19 heavy (non-hydrogen) atoms. The van der Waals surface area contributed by atoms with E-state index in [1.807, 2.05) is 18.2 Å². The van der Waals surface area contributed by atoms with Crippen LogP contribution in [0.25, 0.3) is 0 Å². The molecule has 0 aliphatic carbocycles. The Hall–Kier alpha value is -2.15. The van der Waals surface area contributed by atoms with Crippen LogP contribution in [0, 0.1) is 0 Å². The Bertz CT molecular complexity index is 515. The molecule has 7 heteroatoms. The molecule has 102 valence electrons. The molecule has 0 aliphatic heterocycles. The molecule has 0 radical (unpaired) electrons. The number of methoxy groups -OCH3 is 1. The molecule has 1 N–H and O–H groups in total. The first kappa shape index (κ1) is 13.3. The van der Waals surface area contributed by atoms with Gasteiger partial charge in [-0.1, -0.05) is 6.07 Å². The van der Waals surface area contributed by atoms with Crippen LogP contribution < -0.4 is 9.47 Å². The molecule has 0 spiro atoms. The van der Waals surface area contributed by atoms with Gasteiger partial charge in [-0.25, -0.2) is 4.68 Å². The van der Waals surface area contributed by atoms with E-state index < -0.39 is 0 Å². The van der Waals surface area contributed by atoms with E-state index in [0.717, 1.165) is 5.75 Å². The molecule has 0 fully saturated rings. The van der Waals surface area contributed by atoms with E-state index in [-0.39, 0.29) is 13.2 Å². The first-order chi connectivity index (χ1) is 9.33. The molecule has 1 aromatic heterocycles. The highest BCUT2D eigenvalue weighted by atomic mass is 16.5. The van der Waals surface area contributed by atoms with Crippen molar-refractivity contribution in [2.24, 2.45) is 0 Å². The van der Waals surface area contributed by atoms with Crippen LogP contribution in [-0.4, -0.2) is 39.0 Å². The number of ether oxygens (including phenoxy) is 2. The molecule has 0 aliphatic rings. The van der Waals surface area contributed by atoms with Crippen molar-refractivity contribution in [3.63, 3.8) is 0 Å². The predicted molar refractivity (Wildman–Crippen MR) is 66.8 cm³/mol. The fraction of sp³-hybridized carbons (Fsp3) is 0.417. The minimum absolute atomic E-state index is 0.107. The van der Waals surface area contributed by atoms with E-state index in [2.05, 4.69) is 15.5 Å². The fourth-order valence-corrected chi connectivity index (χ4v) is 1.56. The standard InChI is InChI=1S/C12H16N4O3/c1-18-10-4-2-5-11(8-10)19-9-12-13-14-15-16(12)6-3-7-17/h2,4-5,8,17H,3,6-7,9H2,1H3. The van der Waals surface area contributed by atoms with E-state index >= 15 is 0 Å². The average Bonchev–Trinajstić information content (AvgIpc) is 2.90. The van der Waals surface area contributed by atoms with E-state index in [4.69, 9.17) is 14.6 Å². The summed E-state index contributed by atoms with van der Waals surface area (Å²) >= 11 is 0. The van der Waals surface area contributed by atoms with E-state index in [1.54, 1.807) is 17.9 Å². The summed E-state index contributed by atoms with van der Waals surface area (Å²) in [7, 11) is 1.61. The van der Waals surface area contributed by atoms with Crippen molar-refractivity contribution in [1.29, 1.82) is 0 Å². The molecule has 0 atom stereocenters. The van der Waals surface area contributed by atoms with Crippen molar-refractivity contribution in [3.05, 3.63) is 30.1 Å². The highest BCUT2D eigenvalue weighted by molar-refractivity contribution is 5.32. The van der Waals surface area contributed by atoms with Gasteiger partial charge in [0.05, 0.1) is 7.11 Å². The van der Waals surface area contributed by atoms with Crippen molar-refractivity contribution >= 4 is 0 Å². The smallest absolute Gasteiger partial charge is 0.189 e. The second-order valence-electron chi connectivity index (χ2n) is 3.86. The Morgan fingerprint density at radius 1 is 1.32 bits per heavy atom. The molecule has 1 heterocycles. The molecule has 2 rings (SSSR count). The third-order valence-corrected chi connectivity index (χ3v) is 2.54. The van der Waals surface area contributed by atoms with Gasteiger partial charge < -0.3 is 14.6 Å². The lowest BCUT2D eigenvalue weighted by molar-refractivity contribution is 0.263. The molecule has 0 bridgehead atoms. The summed E-state index contributed by atoms with van der Waals surface area (Å²) in [5.41, 5.74) is 0. The summed E-state index contributed by atoms with van der Waals surface area (Å²) in [4.78, 5) is 0. The van der Waals surface area contributed by atoms with Gasteiger partial charge in [-0.15, -0.1) is 5.10 Å². The van der Waals surface area contributed by atoms with Gasteiger partial charge >= 0.3 is 0 Å². The number of aliphatic hydroxyl groups is 1. The zero-order valence-electron chi connectivity index (χ0n) is 10.7. The summed E-state index contributed by atoms with van der Waals surface area (Å²) in [6, 6.07) is 7.33. The van der Waals surface area contributed by atoms with Crippen molar-refractivity contribution < 1.29 is 14.6 Å². The predicted octanol–water partition coefficient (Wildman–Crippen LogP) is 0.643. The maximum atomic E-state index is 8.79. The average molecular weight is 264 g/mol. The lowest BCUT2D eigenvalue weighted by Gasteiger charge is -2.07. The Balaban J connectivity index is 1.96. The monoisotopic (exact) mass is 264 g/mol. The number of aromatic nitrogens is 4. The van der Waals surface area contributed by atoms with Crippen molar-refractivity contribution in [2.45, 2.75) is 19.6 Å². The highest BCUT2D eigenvalue weighted by Crippen LogP contribution is 2.19. The number of hydrogen-bond acceptors (Lipinski definition) is 6. The minimum Gasteiger partial charge on any atom is -0.497 e. The number of tetrazole rings is 1. The number of benzene rings is 1. The third kappa shape index (κ3) is 3.65. The van der Waals surface area contributed by atoms with Crippen LogP contribution in [0.5, 0.6) is 11.5 Å². The summed E-state index contributed by atoms with van der Waals surface area (Å²) in [6.07, 6.45) is 0.608. The highest BCUT2D eigenvalue weighted by Gasteiger charge is 2.06. The van der Waals surface area contributed by atoms with E-state index in [0.29, 0.717) is 24.5 Å². The number of aliphatic hydroxyl groups excluding tert-OH is 1. The molecule has 1 aromatic carbocycles. The zero-order chi connectivity index (χ0) is 13.5. The molecule has 0 unspecified atom stereocenters. The zero-order valence-corrected chi connectivity index (χ0v) is 10.7. The quantitative estimate of drug-likeness (QED) is 0.790. The molecule has 2 aromatic rings. The van der Waals surface area contributed by atoms with Crippen molar-refractivity contribution in [3.8, 4) is 11.5 Å². The third-order valence-electron chi connectivity index (χ3n) is 2.54. The van der Waals surface area contributed by atoms with E-state index in [9.17, 15) is 0 Å². The Morgan fingerprint density at radius 3 is 2.95 bits per heavy atom. The molecule has 0 saturated carbocycles. The Labute approximate surface area is 110 Å². The molecular formula is C12H16N4O3. The topological polar surface area (TPSA) is 82.3 Å². The van der Waals surface area contributed by atoms with Crippen LogP contribution >= 0.6 is 0 Å². The van der Waals surface area contributed by atoms with Gasteiger partial charge in [0.1, 0.15) is 18.1 Å². The number of rotatable bonds is 7. The first-order valence-corrected chi connectivity index (χ1v) is 5.96. The fourth-order valence-electron chi connectivity index (χ4n) is 1.56. The first-order valence-electron chi connectivity index (χ1n) is 5.96.